The Kier molecular flexibility index (Phi) is 3.65. The number of rotatable bonds is 4. The number of para-hydroxylation sites is 1. The summed E-state index contributed by atoms with van der Waals surface area (Å²) in [4.78, 5) is 0. The van der Waals surface area contributed by atoms with E-state index in [9.17, 15) is 0 Å². The highest BCUT2D eigenvalue weighted by Gasteiger charge is 2.12. The van der Waals surface area contributed by atoms with Crippen molar-refractivity contribution >= 4 is 10.9 Å². The lowest BCUT2D eigenvalue weighted by Crippen LogP contribution is -2.00. The second kappa shape index (κ2) is 5.38. The molecule has 0 saturated carbocycles. The molecule has 2 aromatic rings. The molecule has 0 aliphatic carbocycles. The van der Waals surface area contributed by atoms with Crippen LogP contribution in [0, 0.1) is 29.6 Å². The van der Waals surface area contributed by atoms with Gasteiger partial charge in [-0.3, -0.25) is 0 Å². The minimum Gasteiger partial charge on any atom is -0.344 e. The van der Waals surface area contributed by atoms with Crippen molar-refractivity contribution in [1.29, 1.82) is 10.5 Å². The molecule has 18 heavy (non-hydrogen) atoms. The van der Waals surface area contributed by atoms with Crippen LogP contribution in [0.2, 0.25) is 0 Å². The van der Waals surface area contributed by atoms with Crippen molar-refractivity contribution in [1.82, 2.24) is 4.57 Å². The fraction of sp³-hybridized carbons (Fsp3) is 0.333. The zero-order valence-electron chi connectivity index (χ0n) is 10.5. The third kappa shape index (κ3) is 2.08. The number of aryl methyl sites for hydroxylation is 2. The molecule has 2 rings (SSSR count). The molecule has 1 aromatic heterocycles. The van der Waals surface area contributed by atoms with E-state index in [0.717, 1.165) is 18.5 Å². The monoisotopic (exact) mass is 237 g/mol. The minimum absolute atomic E-state index is 0.511. The van der Waals surface area contributed by atoms with Crippen molar-refractivity contribution in [3.8, 4) is 12.1 Å². The molecule has 0 amide bonds. The summed E-state index contributed by atoms with van der Waals surface area (Å²) in [5.41, 5.74) is 3.59. The van der Waals surface area contributed by atoms with Crippen molar-refractivity contribution in [2.45, 2.75) is 32.7 Å². The number of fused-ring (bicyclic) bond motifs is 1. The van der Waals surface area contributed by atoms with Crippen molar-refractivity contribution in [3.63, 3.8) is 0 Å². The van der Waals surface area contributed by atoms with Gasteiger partial charge in [-0.2, -0.15) is 10.5 Å². The molecular weight excluding hydrogens is 222 g/mol. The quantitative estimate of drug-likeness (QED) is 0.819. The van der Waals surface area contributed by atoms with Gasteiger partial charge in [0.25, 0.3) is 0 Å². The molecule has 3 nitrogen and oxygen atoms in total. The molecule has 0 bridgehead atoms. The van der Waals surface area contributed by atoms with E-state index in [-0.39, 0.29) is 0 Å². The predicted molar refractivity (Wildman–Crippen MR) is 70.8 cm³/mol. The van der Waals surface area contributed by atoms with Gasteiger partial charge >= 0.3 is 0 Å². The first-order valence-corrected chi connectivity index (χ1v) is 6.10. The third-order valence-corrected chi connectivity index (χ3v) is 3.30. The van der Waals surface area contributed by atoms with Gasteiger partial charge < -0.3 is 4.57 Å². The summed E-state index contributed by atoms with van der Waals surface area (Å²) in [5, 5.41) is 18.7. The molecule has 0 N–H and O–H groups in total. The lowest BCUT2D eigenvalue weighted by atomic mass is 10.1. The van der Waals surface area contributed by atoms with Crippen LogP contribution in [0.5, 0.6) is 0 Å². The van der Waals surface area contributed by atoms with E-state index < -0.39 is 0 Å². The SMILES string of the molecule is Cc1c(CCC#N)c2ccccc2n1CCC#N. The van der Waals surface area contributed by atoms with Gasteiger partial charge in [0.2, 0.25) is 0 Å². The highest BCUT2D eigenvalue weighted by atomic mass is 15.0. The van der Waals surface area contributed by atoms with Gasteiger partial charge in [0.1, 0.15) is 0 Å². The molecule has 0 spiro atoms. The number of nitrogens with zero attached hydrogens (tertiary/aromatic N) is 3. The zero-order valence-corrected chi connectivity index (χ0v) is 10.5. The first-order chi connectivity index (χ1) is 8.79. The molecule has 0 unspecified atom stereocenters. The smallest absolute Gasteiger partial charge is 0.0640 e. The van der Waals surface area contributed by atoms with Gasteiger partial charge in [-0.15, -0.1) is 0 Å². The first-order valence-electron chi connectivity index (χ1n) is 6.10. The van der Waals surface area contributed by atoms with E-state index in [4.69, 9.17) is 10.5 Å². The second-order valence-corrected chi connectivity index (χ2v) is 4.30. The maximum absolute atomic E-state index is 8.74. The molecule has 0 radical (unpaired) electrons. The van der Waals surface area contributed by atoms with E-state index in [2.05, 4.69) is 35.8 Å². The summed E-state index contributed by atoms with van der Waals surface area (Å²) < 4.78 is 2.19. The second-order valence-electron chi connectivity index (χ2n) is 4.30. The highest BCUT2D eigenvalue weighted by molar-refractivity contribution is 5.85. The predicted octanol–water partition coefficient (Wildman–Crippen LogP) is 3.32. The fourth-order valence-electron chi connectivity index (χ4n) is 2.45. The third-order valence-electron chi connectivity index (χ3n) is 3.30. The maximum atomic E-state index is 8.74. The van der Waals surface area contributed by atoms with Crippen LogP contribution in [0.25, 0.3) is 10.9 Å². The Morgan fingerprint density at radius 3 is 2.56 bits per heavy atom. The van der Waals surface area contributed by atoms with E-state index in [1.165, 1.54) is 16.6 Å². The van der Waals surface area contributed by atoms with Gasteiger partial charge in [-0.1, -0.05) is 18.2 Å². The molecule has 3 heteroatoms. The molecule has 0 aliphatic rings. The number of aromatic nitrogens is 1. The Hall–Kier alpha value is -2.26. The van der Waals surface area contributed by atoms with Crippen LogP contribution in [0.3, 0.4) is 0 Å². The van der Waals surface area contributed by atoms with E-state index >= 15 is 0 Å². The Morgan fingerprint density at radius 1 is 1.11 bits per heavy atom. The average Bonchev–Trinajstić information content (AvgIpc) is 2.66. The van der Waals surface area contributed by atoms with Crippen molar-refractivity contribution in [3.05, 3.63) is 35.5 Å². The first kappa shape index (κ1) is 12.2. The molecular formula is C15H15N3. The standard InChI is InChI=1S/C15H15N3/c1-12-13(7-4-9-16)14-6-2-3-8-15(14)18(12)11-5-10-17/h2-3,6,8H,4-5,7,11H2,1H3. The summed E-state index contributed by atoms with van der Waals surface area (Å²) >= 11 is 0. The Morgan fingerprint density at radius 2 is 1.83 bits per heavy atom. The van der Waals surface area contributed by atoms with E-state index in [0.29, 0.717) is 12.8 Å². The molecule has 1 aromatic carbocycles. The Balaban J connectivity index is 2.53. The zero-order chi connectivity index (χ0) is 13.0. The van der Waals surface area contributed by atoms with Crippen LogP contribution in [0.1, 0.15) is 24.1 Å². The van der Waals surface area contributed by atoms with Gasteiger partial charge in [-0.25, -0.2) is 0 Å². The maximum Gasteiger partial charge on any atom is 0.0640 e. The van der Waals surface area contributed by atoms with Gasteiger partial charge in [0, 0.05) is 29.6 Å². The highest BCUT2D eigenvalue weighted by Crippen LogP contribution is 2.27. The molecule has 0 atom stereocenters. The summed E-state index contributed by atoms with van der Waals surface area (Å²) in [6.45, 7) is 2.79. The normalized spacial score (nSPS) is 10.2. The van der Waals surface area contributed by atoms with Crippen molar-refractivity contribution in [2.24, 2.45) is 0 Å². The van der Waals surface area contributed by atoms with Gasteiger partial charge in [0.05, 0.1) is 18.6 Å². The van der Waals surface area contributed by atoms with E-state index in [1.807, 2.05) is 12.1 Å². The molecule has 1 heterocycles. The van der Waals surface area contributed by atoms with Crippen LogP contribution in [0.4, 0.5) is 0 Å². The summed E-state index contributed by atoms with van der Waals surface area (Å²) in [6, 6.07) is 12.6. The van der Waals surface area contributed by atoms with Crippen LogP contribution < -0.4 is 0 Å². The number of benzene rings is 1. The number of hydrogen-bond acceptors (Lipinski definition) is 2. The van der Waals surface area contributed by atoms with Gasteiger partial charge in [-0.05, 0) is 25.0 Å². The summed E-state index contributed by atoms with van der Waals surface area (Å²) in [5.74, 6) is 0. The summed E-state index contributed by atoms with van der Waals surface area (Å²) in [7, 11) is 0. The minimum atomic E-state index is 0.511. The molecule has 0 aliphatic heterocycles. The molecule has 90 valence electrons. The number of hydrogen-bond donors (Lipinski definition) is 0. The Labute approximate surface area is 107 Å². The van der Waals surface area contributed by atoms with Crippen LogP contribution in [-0.2, 0) is 13.0 Å². The van der Waals surface area contributed by atoms with Gasteiger partial charge in [0.15, 0.2) is 0 Å². The topological polar surface area (TPSA) is 52.5 Å². The fourth-order valence-corrected chi connectivity index (χ4v) is 2.45. The summed E-state index contributed by atoms with van der Waals surface area (Å²) in [6.07, 6.45) is 1.83. The average molecular weight is 237 g/mol. The lowest BCUT2D eigenvalue weighted by molar-refractivity contribution is 0.716. The van der Waals surface area contributed by atoms with Crippen molar-refractivity contribution in [2.75, 3.05) is 0 Å². The molecule has 0 fully saturated rings. The van der Waals surface area contributed by atoms with E-state index in [1.54, 1.807) is 0 Å². The lowest BCUT2D eigenvalue weighted by Gasteiger charge is -2.05. The number of nitriles is 2. The van der Waals surface area contributed by atoms with Crippen LogP contribution >= 0.6 is 0 Å². The van der Waals surface area contributed by atoms with Crippen LogP contribution in [-0.4, -0.2) is 4.57 Å². The van der Waals surface area contributed by atoms with Crippen molar-refractivity contribution < 1.29 is 0 Å². The largest absolute Gasteiger partial charge is 0.344 e. The van der Waals surface area contributed by atoms with Crippen LogP contribution in [0.15, 0.2) is 24.3 Å². The molecule has 0 saturated heterocycles. The Bertz CT molecular complexity index is 583.